The third-order valence-corrected chi connectivity index (χ3v) is 6.56. The van der Waals surface area contributed by atoms with Gasteiger partial charge in [0.05, 0.1) is 17.6 Å². The van der Waals surface area contributed by atoms with Crippen molar-refractivity contribution in [2.45, 2.75) is 31.8 Å². The van der Waals surface area contributed by atoms with E-state index in [1.165, 1.54) is 17.7 Å². The van der Waals surface area contributed by atoms with Gasteiger partial charge >= 0.3 is 6.03 Å². The molecule has 2 N–H and O–H groups in total. The van der Waals surface area contributed by atoms with Crippen molar-refractivity contribution in [3.63, 3.8) is 0 Å². The number of urea groups is 1. The van der Waals surface area contributed by atoms with E-state index in [1.807, 2.05) is 53.4 Å². The molecular weight excluding hydrogens is 441 g/mol. The Bertz CT molecular complexity index is 1260. The maximum atomic E-state index is 13.4. The third-order valence-electron chi connectivity index (χ3n) is 6.56. The molecule has 6 nitrogen and oxygen atoms in total. The van der Waals surface area contributed by atoms with Crippen molar-refractivity contribution in [3.05, 3.63) is 95.8 Å². The predicted octanol–water partition coefficient (Wildman–Crippen LogP) is 5.05. The zero-order valence-corrected chi connectivity index (χ0v) is 19.7. The van der Waals surface area contributed by atoms with Crippen molar-refractivity contribution in [2.75, 3.05) is 25.0 Å². The number of aromatic nitrogens is 2. The van der Waals surface area contributed by atoms with Crippen molar-refractivity contribution in [3.8, 4) is 0 Å². The number of halogens is 1. The van der Waals surface area contributed by atoms with Gasteiger partial charge in [-0.2, -0.15) is 0 Å². The number of fused-ring (bicyclic) bond motifs is 1. The maximum Gasteiger partial charge on any atom is 0.317 e. The van der Waals surface area contributed by atoms with E-state index in [1.54, 1.807) is 0 Å². The number of hydrogen-bond acceptors (Lipinski definition) is 3. The Labute approximate surface area is 204 Å². The van der Waals surface area contributed by atoms with Crippen molar-refractivity contribution in [2.24, 2.45) is 0 Å². The number of piperidine rings is 1. The molecule has 0 aliphatic carbocycles. The topological polar surface area (TPSA) is 62.2 Å². The molecule has 35 heavy (non-hydrogen) atoms. The molecule has 2 heterocycles. The van der Waals surface area contributed by atoms with Crippen LogP contribution in [0.25, 0.3) is 11.0 Å². The second kappa shape index (κ2) is 10.6. The van der Waals surface area contributed by atoms with Crippen LogP contribution in [0.5, 0.6) is 0 Å². The molecule has 5 rings (SSSR count). The fraction of sp³-hybridized carbons (Fsp3) is 0.286. The molecular formula is C28H30FN5O. The predicted molar refractivity (Wildman–Crippen MR) is 137 cm³/mol. The van der Waals surface area contributed by atoms with E-state index in [-0.39, 0.29) is 17.9 Å². The standard InChI is InChI=1S/C28H30FN5O/c29-23-12-10-22(11-13-23)20-34-26-9-5-4-8-25(26)32-27(34)31-24-15-18-33(19-16-24)28(35)30-17-14-21-6-2-1-3-7-21/h1-13,24H,14-20H2,(H,30,35)(H,31,32). The lowest BCUT2D eigenvalue weighted by atomic mass is 10.1. The van der Waals surface area contributed by atoms with E-state index in [2.05, 4.69) is 33.4 Å². The number of hydrogen-bond donors (Lipinski definition) is 2. The van der Waals surface area contributed by atoms with Crippen LogP contribution in [0.15, 0.2) is 78.9 Å². The van der Waals surface area contributed by atoms with Crippen LogP contribution in [0, 0.1) is 5.82 Å². The van der Waals surface area contributed by atoms with Gasteiger partial charge in [0.1, 0.15) is 5.82 Å². The minimum atomic E-state index is -0.238. The fourth-order valence-electron chi connectivity index (χ4n) is 4.60. The Morgan fingerprint density at radius 1 is 0.914 bits per heavy atom. The molecule has 2 amide bonds. The molecule has 0 bridgehead atoms. The highest BCUT2D eigenvalue weighted by molar-refractivity contribution is 5.79. The number of carbonyl (C=O) groups is 1. The van der Waals surface area contributed by atoms with Gasteiger partial charge in [0, 0.05) is 25.7 Å². The molecule has 180 valence electrons. The highest BCUT2D eigenvalue weighted by Gasteiger charge is 2.24. The van der Waals surface area contributed by atoms with Crippen LogP contribution < -0.4 is 10.6 Å². The van der Waals surface area contributed by atoms with Crippen LogP contribution >= 0.6 is 0 Å². The normalized spacial score (nSPS) is 14.3. The Morgan fingerprint density at radius 2 is 1.63 bits per heavy atom. The summed E-state index contributed by atoms with van der Waals surface area (Å²) in [4.78, 5) is 19.3. The number of nitrogens with zero attached hydrogens (tertiary/aromatic N) is 3. The molecule has 1 saturated heterocycles. The fourth-order valence-corrected chi connectivity index (χ4v) is 4.60. The summed E-state index contributed by atoms with van der Waals surface area (Å²) in [7, 11) is 0. The number of imidazole rings is 1. The smallest absolute Gasteiger partial charge is 0.317 e. The molecule has 0 saturated carbocycles. The van der Waals surface area contributed by atoms with Gasteiger partial charge in [-0.3, -0.25) is 0 Å². The molecule has 0 radical (unpaired) electrons. The first kappa shape index (κ1) is 22.9. The average Bonchev–Trinajstić information content (AvgIpc) is 3.23. The summed E-state index contributed by atoms with van der Waals surface area (Å²) < 4.78 is 15.5. The summed E-state index contributed by atoms with van der Waals surface area (Å²) in [5.41, 5.74) is 4.20. The van der Waals surface area contributed by atoms with Gasteiger partial charge in [0.2, 0.25) is 5.95 Å². The van der Waals surface area contributed by atoms with Gasteiger partial charge < -0.3 is 20.1 Å². The van der Waals surface area contributed by atoms with E-state index in [0.717, 1.165) is 41.8 Å². The van der Waals surface area contributed by atoms with Crippen molar-refractivity contribution >= 4 is 23.0 Å². The van der Waals surface area contributed by atoms with Crippen LogP contribution in [0.3, 0.4) is 0 Å². The number of para-hydroxylation sites is 2. The molecule has 1 aromatic heterocycles. The van der Waals surface area contributed by atoms with Crippen molar-refractivity contribution < 1.29 is 9.18 Å². The lowest BCUT2D eigenvalue weighted by Crippen LogP contribution is -2.47. The summed E-state index contributed by atoms with van der Waals surface area (Å²) in [6.07, 6.45) is 2.53. The van der Waals surface area contributed by atoms with Gasteiger partial charge in [-0.15, -0.1) is 0 Å². The Hall–Kier alpha value is -3.87. The van der Waals surface area contributed by atoms with E-state index in [0.29, 0.717) is 26.2 Å². The summed E-state index contributed by atoms with van der Waals surface area (Å²) in [5.74, 6) is 0.569. The number of carbonyl (C=O) groups excluding carboxylic acids is 1. The average molecular weight is 472 g/mol. The highest BCUT2D eigenvalue weighted by atomic mass is 19.1. The second-order valence-electron chi connectivity index (χ2n) is 9.01. The van der Waals surface area contributed by atoms with Gasteiger partial charge in [-0.25, -0.2) is 14.2 Å². The minimum absolute atomic E-state index is 0.00271. The lowest BCUT2D eigenvalue weighted by Gasteiger charge is -2.32. The van der Waals surface area contributed by atoms with Crippen LogP contribution in [0.1, 0.15) is 24.0 Å². The quantitative estimate of drug-likeness (QED) is 0.396. The van der Waals surface area contributed by atoms with E-state index < -0.39 is 0 Å². The first-order chi connectivity index (χ1) is 17.2. The zero-order chi connectivity index (χ0) is 24.0. The van der Waals surface area contributed by atoms with Gasteiger partial charge in [-0.1, -0.05) is 54.6 Å². The number of likely N-dealkylation sites (tertiary alicyclic amines) is 1. The monoisotopic (exact) mass is 471 g/mol. The number of anilines is 1. The zero-order valence-electron chi connectivity index (χ0n) is 19.7. The number of benzene rings is 3. The molecule has 1 aliphatic rings. The molecule has 0 unspecified atom stereocenters. The third kappa shape index (κ3) is 5.62. The number of amides is 2. The Balaban J connectivity index is 1.19. The molecule has 0 spiro atoms. The first-order valence-corrected chi connectivity index (χ1v) is 12.2. The van der Waals surface area contributed by atoms with Crippen LogP contribution in [-0.2, 0) is 13.0 Å². The Kier molecular flexibility index (Phi) is 6.93. The summed E-state index contributed by atoms with van der Waals surface area (Å²) in [6, 6.07) is 25.1. The molecule has 0 atom stereocenters. The minimum Gasteiger partial charge on any atom is -0.353 e. The van der Waals surface area contributed by atoms with Crippen LogP contribution in [-0.4, -0.2) is 46.2 Å². The van der Waals surface area contributed by atoms with E-state index in [9.17, 15) is 9.18 Å². The van der Waals surface area contributed by atoms with Crippen LogP contribution in [0.2, 0.25) is 0 Å². The van der Waals surface area contributed by atoms with E-state index >= 15 is 0 Å². The van der Waals surface area contributed by atoms with Crippen LogP contribution in [0.4, 0.5) is 15.1 Å². The summed E-state index contributed by atoms with van der Waals surface area (Å²) in [5, 5.41) is 6.66. The molecule has 4 aromatic rings. The van der Waals surface area contributed by atoms with E-state index in [4.69, 9.17) is 4.98 Å². The highest BCUT2D eigenvalue weighted by Crippen LogP contribution is 2.24. The number of rotatable bonds is 7. The van der Waals surface area contributed by atoms with Gasteiger partial charge in [-0.05, 0) is 54.7 Å². The number of nitrogens with one attached hydrogen (secondary N) is 2. The SMILES string of the molecule is O=C(NCCc1ccccc1)N1CCC(Nc2nc3ccccc3n2Cc2ccc(F)cc2)CC1. The molecule has 7 heteroatoms. The van der Waals surface area contributed by atoms with Crippen molar-refractivity contribution in [1.29, 1.82) is 0 Å². The Morgan fingerprint density at radius 3 is 2.40 bits per heavy atom. The molecule has 1 fully saturated rings. The second-order valence-corrected chi connectivity index (χ2v) is 9.01. The van der Waals surface area contributed by atoms with Gasteiger partial charge in [0.15, 0.2) is 0 Å². The molecule has 3 aromatic carbocycles. The largest absolute Gasteiger partial charge is 0.353 e. The molecule has 1 aliphatic heterocycles. The van der Waals surface area contributed by atoms with Crippen molar-refractivity contribution in [1.82, 2.24) is 19.8 Å². The summed E-state index contributed by atoms with van der Waals surface area (Å²) >= 11 is 0. The maximum absolute atomic E-state index is 13.4. The first-order valence-electron chi connectivity index (χ1n) is 12.2. The summed E-state index contributed by atoms with van der Waals surface area (Å²) in [6.45, 7) is 2.64. The lowest BCUT2D eigenvalue weighted by molar-refractivity contribution is 0.183. The van der Waals surface area contributed by atoms with Gasteiger partial charge in [0.25, 0.3) is 0 Å².